The number of nitrogens with zero attached hydrogens (tertiary/aromatic N) is 1. The van der Waals surface area contributed by atoms with E-state index in [1.165, 1.54) is 10.8 Å². The van der Waals surface area contributed by atoms with Crippen LogP contribution >= 0.6 is 0 Å². The summed E-state index contributed by atoms with van der Waals surface area (Å²) in [5, 5.41) is 3.53. The van der Waals surface area contributed by atoms with Gasteiger partial charge in [0.25, 0.3) is 0 Å². The first-order valence-corrected chi connectivity index (χ1v) is 7.71. The summed E-state index contributed by atoms with van der Waals surface area (Å²) in [5.41, 5.74) is 1.83. The Morgan fingerprint density at radius 2 is 1.38 bits per heavy atom. The summed E-state index contributed by atoms with van der Waals surface area (Å²) in [6.45, 7) is 0.343. The van der Waals surface area contributed by atoms with Crippen LogP contribution in [-0.2, 0) is 6.54 Å². The Labute approximate surface area is 151 Å². The first-order valence-electron chi connectivity index (χ1n) is 7.71. The summed E-state index contributed by atoms with van der Waals surface area (Å²) in [6, 6.07) is 26.0. The number of fused-ring (bicyclic) bond motifs is 3. The van der Waals surface area contributed by atoms with Crippen LogP contribution in [-0.4, -0.2) is 5.78 Å². The number of pyridine rings is 1. The Morgan fingerprint density at radius 1 is 0.750 bits per heavy atom. The highest BCUT2D eigenvalue weighted by Gasteiger charge is 2.17. The number of rotatable bonds is 3. The second kappa shape index (κ2) is 6.93. The molecule has 0 unspecified atom stereocenters. The zero-order chi connectivity index (χ0) is 15.6. The third kappa shape index (κ3) is 2.95. The third-order valence-corrected chi connectivity index (χ3v) is 4.17. The van der Waals surface area contributed by atoms with Crippen molar-refractivity contribution in [3.63, 3.8) is 0 Å². The molecule has 4 aromatic rings. The Bertz CT molecular complexity index is 1010. The molecule has 0 saturated heterocycles. The molecule has 24 heavy (non-hydrogen) atoms. The lowest BCUT2D eigenvalue weighted by Gasteiger charge is -2.05. The number of para-hydroxylation sites is 1. The molecule has 0 N–H and O–H groups in total. The van der Waals surface area contributed by atoms with Gasteiger partial charge < -0.3 is 17.0 Å². The van der Waals surface area contributed by atoms with Crippen LogP contribution < -0.4 is 21.5 Å². The smallest absolute Gasteiger partial charge is 0.227 e. The maximum absolute atomic E-state index is 12.6. The number of Topliss-reactive ketones (excluding diaryl/α,β-unsaturated/α-hetero) is 1. The minimum absolute atomic E-state index is 0. The van der Waals surface area contributed by atoms with Crippen molar-refractivity contribution >= 4 is 27.5 Å². The molecule has 0 aliphatic carbocycles. The van der Waals surface area contributed by atoms with E-state index in [1.807, 2.05) is 59.2 Å². The van der Waals surface area contributed by atoms with Gasteiger partial charge in [-0.3, -0.25) is 4.79 Å². The Morgan fingerprint density at radius 3 is 2.17 bits per heavy atom. The van der Waals surface area contributed by atoms with Gasteiger partial charge in [-0.15, -0.1) is 0 Å². The molecule has 0 aliphatic rings. The van der Waals surface area contributed by atoms with E-state index < -0.39 is 0 Å². The summed E-state index contributed by atoms with van der Waals surface area (Å²) in [7, 11) is 0. The second-order valence-electron chi connectivity index (χ2n) is 5.65. The monoisotopic (exact) mass is 377 g/mol. The Hall–Kier alpha value is -2.52. The minimum Gasteiger partial charge on any atom is -1.00 e. The van der Waals surface area contributed by atoms with Crippen molar-refractivity contribution in [2.75, 3.05) is 0 Å². The van der Waals surface area contributed by atoms with Gasteiger partial charge in [0.2, 0.25) is 17.8 Å². The number of hydrogen-bond donors (Lipinski definition) is 0. The van der Waals surface area contributed by atoms with Crippen LogP contribution in [0.4, 0.5) is 0 Å². The highest BCUT2D eigenvalue weighted by molar-refractivity contribution is 6.04. The lowest BCUT2D eigenvalue weighted by molar-refractivity contribution is -0.655. The lowest BCUT2D eigenvalue weighted by atomic mass is 10.1. The van der Waals surface area contributed by atoms with Gasteiger partial charge in [-0.2, -0.15) is 4.57 Å². The van der Waals surface area contributed by atoms with Crippen LogP contribution in [0, 0.1) is 0 Å². The maximum Gasteiger partial charge on any atom is 0.227 e. The summed E-state index contributed by atoms with van der Waals surface area (Å²) < 4.78 is 2.05. The highest BCUT2D eigenvalue weighted by atomic mass is 79.9. The van der Waals surface area contributed by atoms with Crippen molar-refractivity contribution < 1.29 is 26.3 Å². The molecule has 1 aromatic heterocycles. The normalized spacial score (nSPS) is 10.5. The fraction of sp³-hybridized carbons (Fsp3) is 0.0476. The van der Waals surface area contributed by atoms with E-state index in [-0.39, 0.29) is 22.8 Å². The van der Waals surface area contributed by atoms with E-state index in [1.54, 1.807) is 0 Å². The lowest BCUT2D eigenvalue weighted by Crippen LogP contribution is -3.00. The Balaban J connectivity index is 0.00000169. The van der Waals surface area contributed by atoms with Crippen LogP contribution in [0.1, 0.15) is 10.4 Å². The van der Waals surface area contributed by atoms with E-state index in [0.29, 0.717) is 6.54 Å². The van der Waals surface area contributed by atoms with Gasteiger partial charge in [0.05, 0.1) is 5.39 Å². The number of aromatic nitrogens is 1. The van der Waals surface area contributed by atoms with Crippen molar-refractivity contribution in [2.45, 2.75) is 6.54 Å². The minimum atomic E-state index is 0. The summed E-state index contributed by atoms with van der Waals surface area (Å²) >= 11 is 0. The van der Waals surface area contributed by atoms with E-state index >= 15 is 0 Å². The van der Waals surface area contributed by atoms with Crippen LogP contribution in [0.15, 0.2) is 85.1 Å². The highest BCUT2D eigenvalue weighted by Crippen LogP contribution is 2.22. The molecule has 0 fully saturated rings. The molecule has 118 valence electrons. The third-order valence-electron chi connectivity index (χ3n) is 4.17. The Kier molecular flexibility index (Phi) is 4.72. The van der Waals surface area contributed by atoms with E-state index in [2.05, 4.69) is 30.5 Å². The van der Waals surface area contributed by atoms with Crippen molar-refractivity contribution in [1.82, 2.24) is 0 Å². The summed E-state index contributed by atoms with van der Waals surface area (Å²) in [4.78, 5) is 12.6. The number of ketones is 1. The van der Waals surface area contributed by atoms with Gasteiger partial charge >= 0.3 is 0 Å². The SMILES string of the molecule is O=C(C[n+]1cc2ccccc2c2ccccc21)c1ccccc1.[Br-]. The predicted molar refractivity (Wildman–Crippen MR) is 92.4 cm³/mol. The number of benzene rings is 3. The second-order valence-corrected chi connectivity index (χ2v) is 5.65. The summed E-state index contributed by atoms with van der Waals surface area (Å²) in [6.07, 6.45) is 2.07. The molecular weight excluding hydrogens is 362 g/mol. The van der Waals surface area contributed by atoms with Crippen molar-refractivity contribution in [1.29, 1.82) is 0 Å². The fourth-order valence-corrected chi connectivity index (χ4v) is 3.05. The fourth-order valence-electron chi connectivity index (χ4n) is 3.05. The molecular formula is C21H16BrNO. The van der Waals surface area contributed by atoms with Gasteiger partial charge in [0.15, 0.2) is 6.20 Å². The van der Waals surface area contributed by atoms with Crippen molar-refractivity contribution in [2.24, 2.45) is 0 Å². The first-order chi connectivity index (χ1) is 11.3. The number of hydrogen-bond acceptors (Lipinski definition) is 1. The average molecular weight is 378 g/mol. The molecule has 0 atom stereocenters. The molecule has 3 heteroatoms. The number of halogens is 1. The van der Waals surface area contributed by atoms with Gasteiger partial charge in [-0.1, -0.05) is 60.7 Å². The molecule has 0 aliphatic heterocycles. The molecule has 3 aromatic carbocycles. The molecule has 1 heterocycles. The van der Waals surface area contributed by atoms with E-state index in [9.17, 15) is 4.79 Å². The first kappa shape index (κ1) is 16.3. The number of carbonyl (C=O) groups excluding carboxylic acids is 1. The van der Waals surface area contributed by atoms with Gasteiger partial charge in [0, 0.05) is 22.4 Å². The molecule has 0 amide bonds. The summed E-state index contributed by atoms with van der Waals surface area (Å²) in [5.74, 6) is 0.121. The van der Waals surface area contributed by atoms with Crippen LogP contribution in [0.3, 0.4) is 0 Å². The van der Waals surface area contributed by atoms with Gasteiger partial charge in [-0.25, -0.2) is 0 Å². The zero-order valence-corrected chi connectivity index (χ0v) is 14.6. The van der Waals surface area contributed by atoms with E-state index in [0.717, 1.165) is 16.5 Å². The van der Waals surface area contributed by atoms with Crippen LogP contribution in [0.5, 0.6) is 0 Å². The van der Waals surface area contributed by atoms with Crippen molar-refractivity contribution in [3.8, 4) is 0 Å². The molecule has 4 rings (SSSR count). The van der Waals surface area contributed by atoms with Crippen LogP contribution in [0.25, 0.3) is 21.7 Å². The van der Waals surface area contributed by atoms with Crippen LogP contribution in [0.2, 0.25) is 0 Å². The van der Waals surface area contributed by atoms with E-state index in [4.69, 9.17) is 0 Å². The maximum atomic E-state index is 12.6. The number of carbonyl (C=O) groups is 1. The zero-order valence-electron chi connectivity index (χ0n) is 13.0. The average Bonchev–Trinajstić information content (AvgIpc) is 2.62. The predicted octanol–water partition coefficient (Wildman–Crippen LogP) is 1.17. The molecule has 2 nitrogen and oxygen atoms in total. The molecule has 0 saturated carbocycles. The van der Waals surface area contributed by atoms with Gasteiger partial charge in [-0.05, 0) is 12.1 Å². The molecule has 0 bridgehead atoms. The topological polar surface area (TPSA) is 20.9 Å². The standard InChI is InChI=1S/C21H16NO.BrH/c23-21(16-8-2-1-3-9-16)15-22-14-17-10-4-5-11-18(17)19-12-6-7-13-20(19)22;/h1-14H,15H2;1H/q+1;/p-1. The molecule has 0 spiro atoms. The molecule has 0 radical (unpaired) electrons. The quantitative estimate of drug-likeness (QED) is 0.298. The largest absolute Gasteiger partial charge is 1.00 e. The van der Waals surface area contributed by atoms with Gasteiger partial charge in [0.1, 0.15) is 0 Å². The van der Waals surface area contributed by atoms with Crippen molar-refractivity contribution in [3.05, 3.63) is 90.6 Å².